The minimum Gasteiger partial charge on any atom is -0.396 e. The van der Waals surface area contributed by atoms with Crippen LogP contribution >= 0.6 is 11.6 Å². The lowest BCUT2D eigenvalue weighted by Gasteiger charge is -2.32. The van der Waals surface area contributed by atoms with Gasteiger partial charge in [0.2, 0.25) is 0 Å². The number of halogens is 1. The third kappa shape index (κ3) is 3.41. The van der Waals surface area contributed by atoms with Gasteiger partial charge >= 0.3 is 0 Å². The van der Waals surface area contributed by atoms with Gasteiger partial charge in [0.25, 0.3) is 5.91 Å². The predicted molar refractivity (Wildman–Crippen MR) is 79.3 cm³/mol. The number of hydrogen-bond acceptors (Lipinski definition) is 4. The molecule has 1 fully saturated rings. The van der Waals surface area contributed by atoms with Gasteiger partial charge in [-0.1, -0.05) is 11.6 Å². The Hall–Kier alpha value is -1.33. The van der Waals surface area contributed by atoms with E-state index in [2.05, 4.69) is 4.98 Å². The number of aliphatic hydroxyl groups is 1. The Kier molecular flexibility index (Phi) is 4.83. The van der Waals surface area contributed by atoms with Crippen LogP contribution < -0.4 is 4.90 Å². The zero-order chi connectivity index (χ0) is 14.7. The van der Waals surface area contributed by atoms with E-state index in [0.29, 0.717) is 23.1 Å². The van der Waals surface area contributed by atoms with Gasteiger partial charge in [-0.2, -0.15) is 0 Å². The third-order valence-corrected chi connectivity index (χ3v) is 3.74. The molecule has 1 aromatic heterocycles. The Morgan fingerprint density at radius 2 is 2.30 bits per heavy atom. The van der Waals surface area contributed by atoms with Crippen LogP contribution in [0.15, 0.2) is 12.1 Å². The SMILES string of the molecule is CN(C)c1cc(C(=O)N2CCCC(CO)C2)cc(Cl)n1. The number of aromatic nitrogens is 1. The Morgan fingerprint density at radius 1 is 1.55 bits per heavy atom. The monoisotopic (exact) mass is 297 g/mol. The Labute approximate surface area is 124 Å². The summed E-state index contributed by atoms with van der Waals surface area (Å²) in [5, 5.41) is 9.56. The minimum absolute atomic E-state index is 0.0458. The van der Waals surface area contributed by atoms with Gasteiger partial charge in [-0.05, 0) is 30.9 Å². The zero-order valence-corrected chi connectivity index (χ0v) is 12.6. The molecule has 0 aromatic carbocycles. The van der Waals surface area contributed by atoms with Crippen LogP contribution in [0.2, 0.25) is 5.15 Å². The Morgan fingerprint density at radius 3 is 2.95 bits per heavy atom. The first kappa shape index (κ1) is 15.1. The van der Waals surface area contributed by atoms with E-state index in [1.54, 1.807) is 17.0 Å². The van der Waals surface area contributed by atoms with Gasteiger partial charge in [0, 0.05) is 39.4 Å². The summed E-state index contributed by atoms with van der Waals surface area (Å²) in [5.41, 5.74) is 0.548. The first-order valence-corrected chi connectivity index (χ1v) is 7.14. The van der Waals surface area contributed by atoms with Gasteiger partial charge in [-0.25, -0.2) is 4.98 Å². The van der Waals surface area contributed by atoms with Crippen molar-refractivity contribution in [1.82, 2.24) is 9.88 Å². The largest absolute Gasteiger partial charge is 0.396 e. The highest BCUT2D eigenvalue weighted by Crippen LogP contribution is 2.21. The molecule has 1 N–H and O–H groups in total. The lowest BCUT2D eigenvalue weighted by Crippen LogP contribution is -2.41. The van der Waals surface area contributed by atoms with Crippen molar-refractivity contribution in [2.45, 2.75) is 12.8 Å². The van der Waals surface area contributed by atoms with Crippen LogP contribution in [0.4, 0.5) is 5.82 Å². The van der Waals surface area contributed by atoms with Gasteiger partial charge in [-0.3, -0.25) is 4.79 Å². The van der Waals surface area contributed by atoms with Crippen molar-refractivity contribution in [3.05, 3.63) is 22.8 Å². The van der Waals surface area contributed by atoms with Crippen molar-refractivity contribution in [3.8, 4) is 0 Å². The molecular weight excluding hydrogens is 278 g/mol. The van der Waals surface area contributed by atoms with Crippen molar-refractivity contribution in [3.63, 3.8) is 0 Å². The third-order valence-electron chi connectivity index (χ3n) is 3.55. The van der Waals surface area contributed by atoms with E-state index < -0.39 is 0 Å². The highest BCUT2D eigenvalue weighted by atomic mass is 35.5. The first-order chi connectivity index (χ1) is 9.51. The number of amides is 1. The van der Waals surface area contributed by atoms with Crippen molar-refractivity contribution in [1.29, 1.82) is 0 Å². The molecule has 1 saturated heterocycles. The molecule has 5 nitrogen and oxygen atoms in total. The van der Waals surface area contributed by atoms with Crippen LogP contribution in [-0.4, -0.2) is 54.7 Å². The second-order valence-corrected chi connectivity index (χ2v) is 5.76. The van der Waals surface area contributed by atoms with Crippen LogP contribution in [0.1, 0.15) is 23.2 Å². The fraction of sp³-hybridized carbons (Fsp3) is 0.571. The molecule has 1 aliphatic heterocycles. The molecule has 110 valence electrons. The Balaban J connectivity index is 2.20. The second-order valence-electron chi connectivity index (χ2n) is 5.37. The molecule has 1 amide bonds. The first-order valence-electron chi connectivity index (χ1n) is 6.76. The lowest BCUT2D eigenvalue weighted by atomic mass is 9.98. The van der Waals surface area contributed by atoms with Crippen LogP contribution in [0.5, 0.6) is 0 Å². The molecular formula is C14H20ClN3O2. The van der Waals surface area contributed by atoms with Crippen LogP contribution in [0.3, 0.4) is 0 Å². The van der Waals surface area contributed by atoms with Gasteiger partial charge in [0.05, 0.1) is 0 Å². The molecule has 0 spiro atoms. The molecule has 1 aliphatic rings. The maximum atomic E-state index is 12.5. The number of piperidine rings is 1. The van der Waals surface area contributed by atoms with Crippen LogP contribution in [0.25, 0.3) is 0 Å². The van der Waals surface area contributed by atoms with E-state index in [-0.39, 0.29) is 18.4 Å². The molecule has 1 aromatic rings. The number of pyridine rings is 1. The van der Waals surface area contributed by atoms with Crippen molar-refractivity contribution < 1.29 is 9.90 Å². The van der Waals surface area contributed by atoms with Crippen LogP contribution in [0, 0.1) is 5.92 Å². The molecule has 2 rings (SSSR count). The van der Waals surface area contributed by atoms with E-state index in [9.17, 15) is 9.90 Å². The summed E-state index contributed by atoms with van der Waals surface area (Å²) >= 11 is 5.98. The quantitative estimate of drug-likeness (QED) is 0.862. The van der Waals surface area contributed by atoms with E-state index in [4.69, 9.17) is 11.6 Å². The lowest BCUT2D eigenvalue weighted by molar-refractivity contribution is 0.0620. The molecule has 0 bridgehead atoms. The molecule has 0 aliphatic carbocycles. The van der Waals surface area contributed by atoms with Gasteiger partial charge in [0.1, 0.15) is 11.0 Å². The summed E-state index contributed by atoms with van der Waals surface area (Å²) in [7, 11) is 3.71. The molecule has 2 heterocycles. The van der Waals surface area contributed by atoms with E-state index in [1.807, 2.05) is 19.0 Å². The summed E-state index contributed by atoms with van der Waals surface area (Å²) < 4.78 is 0. The van der Waals surface area contributed by atoms with Gasteiger partial charge < -0.3 is 14.9 Å². The summed E-state index contributed by atoms with van der Waals surface area (Å²) in [6, 6.07) is 3.34. The average Bonchev–Trinajstić information content (AvgIpc) is 2.45. The molecule has 1 unspecified atom stereocenters. The average molecular weight is 298 g/mol. The summed E-state index contributed by atoms with van der Waals surface area (Å²) in [5.74, 6) is 0.797. The summed E-state index contributed by atoms with van der Waals surface area (Å²) in [4.78, 5) is 20.3. The maximum absolute atomic E-state index is 12.5. The van der Waals surface area contributed by atoms with Gasteiger partial charge in [-0.15, -0.1) is 0 Å². The number of aliphatic hydroxyl groups excluding tert-OH is 1. The smallest absolute Gasteiger partial charge is 0.254 e. The molecule has 20 heavy (non-hydrogen) atoms. The highest BCUT2D eigenvalue weighted by Gasteiger charge is 2.24. The number of carbonyl (C=O) groups is 1. The van der Waals surface area contributed by atoms with E-state index in [0.717, 1.165) is 19.4 Å². The number of likely N-dealkylation sites (tertiary alicyclic amines) is 1. The van der Waals surface area contributed by atoms with Crippen molar-refractivity contribution in [2.24, 2.45) is 5.92 Å². The van der Waals surface area contributed by atoms with Crippen molar-refractivity contribution >= 4 is 23.3 Å². The fourth-order valence-electron chi connectivity index (χ4n) is 2.42. The van der Waals surface area contributed by atoms with Gasteiger partial charge in [0.15, 0.2) is 0 Å². The Bertz CT molecular complexity index is 493. The zero-order valence-electron chi connectivity index (χ0n) is 11.8. The predicted octanol–water partition coefficient (Wildman–Crippen LogP) is 1.65. The van der Waals surface area contributed by atoms with Crippen LogP contribution in [-0.2, 0) is 0 Å². The highest BCUT2D eigenvalue weighted by molar-refractivity contribution is 6.29. The summed E-state index contributed by atoms with van der Waals surface area (Å²) in [6.07, 6.45) is 1.90. The van der Waals surface area contributed by atoms with E-state index in [1.165, 1.54) is 0 Å². The molecule has 6 heteroatoms. The van der Waals surface area contributed by atoms with Crippen molar-refractivity contribution in [2.75, 3.05) is 38.7 Å². The number of hydrogen-bond donors (Lipinski definition) is 1. The standard InChI is InChI=1S/C14H20ClN3O2/c1-17(2)13-7-11(6-12(15)16-13)14(20)18-5-3-4-10(8-18)9-19/h6-7,10,19H,3-5,8-9H2,1-2H3. The fourth-order valence-corrected chi connectivity index (χ4v) is 2.62. The number of anilines is 1. The number of carbonyl (C=O) groups excluding carboxylic acids is 1. The normalized spacial score (nSPS) is 19.0. The summed E-state index contributed by atoms with van der Waals surface area (Å²) in [6.45, 7) is 1.46. The molecule has 0 radical (unpaired) electrons. The van der Waals surface area contributed by atoms with E-state index >= 15 is 0 Å². The second kappa shape index (κ2) is 6.41. The number of rotatable bonds is 3. The number of nitrogens with zero attached hydrogens (tertiary/aromatic N) is 3. The minimum atomic E-state index is -0.0458. The topological polar surface area (TPSA) is 56.7 Å². The molecule has 0 saturated carbocycles. The maximum Gasteiger partial charge on any atom is 0.254 e. The molecule has 1 atom stereocenters.